The maximum Gasteiger partial charge on any atom is 0.573 e. The molecule has 0 aliphatic heterocycles. The van der Waals surface area contributed by atoms with E-state index in [1.54, 1.807) is 60.7 Å². The molecule has 0 saturated heterocycles. The molecule has 4 unspecified atom stereocenters. The van der Waals surface area contributed by atoms with Crippen LogP contribution in [0.25, 0.3) is 0 Å². The van der Waals surface area contributed by atoms with Gasteiger partial charge in [0, 0.05) is 25.9 Å². The highest BCUT2D eigenvalue weighted by atomic mass is 19.4. The number of methoxy groups -OCH3 is 1. The van der Waals surface area contributed by atoms with Crippen LogP contribution in [0.3, 0.4) is 0 Å². The van der Waals surface area contributed by atoms with E-state index in [-0.39, 0.29) is 68.5 Å². The summed E-state index contributed by atoms with van der Waals surface area (Å²) < 4.78 is 86.0. The molecule has 30 heteroatoms. The van der Waals surface area contributed by atoms with Gasteiger partial charge in [0.15, 0.2) is 11.9 Å². The molecule has 4 atom stereocenters. The van der Waals surface area contributed by atoms with Crippen LogP contribution in [-0.4, -0.2) is 110 Å². The quantitative estimate of drug-likeness (QED) is 0.0107. The highest BCUT2D eigenvalue weighted by Crippen LogP contribution is 2.26. The van der Waals surface area contributed by atoms with E-state index >= 15 is 0 Å². The van der Waals surface area contributed by atoms with E-state index in [2.05, 4.69) is 61.2 Å². The van der Waals surface area contributed by atoms with Crippen molar-refractivity contribution in [3.63, 3.8) is 0 Å². The van der Waals surface area contributed by atoms with Crippen molar-refractivity contribution in [2.24, 2.45) is 53.4 Å². The third-order valence-corrected chi connectivity index (χ3v) is 9.75. The van der Waals surface area contributed by atoms with Gasteiger partial charge in [0.25, 0.3) is 0 Å². The topological polar surface area (TPSA) is 377 Å². The predicted molar refractivity (Wildman–Crippen MR) is 264 cm³/mol. The number of carbonyl (C=O) groups is 6. The SMILES string of the molecule is COC(=O)C(CCCN=C(N)N)NC(=O)C(Cc1ccccc1)NC(=O)N=Nc1ccc(OC(F)(F)F)cc1.NC(N)=NCCCC(NC(=O)C(Cc1ccccc1)NC(=O)N=Nc1ccc(OC(F)(F)F)cc1)C(=O)O. The summed E-state index contributed by atoms with van der Waals surface area (Å²) in [6.07, 6.45) is -8.83. The van der Waals surface area contributed by atoms with Crippen molar-refractivity contribution < 1.29 is 74.4 Å². The number of esters is 1. The number of benzene rings is 4. The second-order valence-corrected chi connectivity index (χ2v) is 15.7. The Kier molecular flexibility index (Phi) is 25.2. The molecule has 0 aromatic heterocycles. The van der Waals surface area contributed by atoms with E-state index in [0.717, 1.165) is 48.5 Å². The number of rotatable bonds is 24. The number of alkyl halides is 6. The fourth-order valence-corrected chi connectivity index (χ4v) is 6.31. The average molecular weight is 1090 g/mol. The molecule has 0 saturated carbocycles. The van der Waals surface area contributed by atoms with E-state index in [4.69, 9.17) is 27.7 Å². The second-order valence-electron chi connectivity index (χ2n) is 15.7. The molecule has 24 nitrogen and oxygen atoms in total. The van der Waals surface area contributed by atoms with Gasteiger partial charge in [-0.15, -0.1) is 36.6 Å². The van der Waals surface area contributed by atoms with E-state index in [1.807, 2.05) is 0 Å². The summed E-state index contributed by atoms with van der Waals surface area (Å²) in [4.78, 5) is 82.3. The van der Waals surface area contributed by atoms with Crippen molar-refractivity contribution in [3.8, 4) is 11.5 Å². The Morgan fingerprint density at radius 2 is 0.896 bits per heavy atom. The lowest BCUT2D eigenvalue weighted by Crippen LogP contribution is -2.52. The van der Waals surface area contributed by atoms with E-state index < -0.39 is 84.2 Å². The summed E-state index contributed by atoms with van der Waals surface area (Å²) in [5, 5.41) is 33.4. The lowest BCUT2D eigenvalue weighted by atomic mass is 10.0. The summed E-state index contributed by atoms with van der Waals surface area (Å²) in [6.45, 7) is 0.384. The molecule has 13 N–H and O–H groups in total. The minimum absolute atomic E-state index is 0.0117. The van der Waals surface area contributed by atoms with Crippen molar-refractivity contribution >= 4 is 59.1 Å². The fraction of sp³-hybridized carbons (Fsp3) is 0.319. The Labute approximate surface area is 434 Å². The second kappa shape index (κ2) is 31.4. The molecule has 4 aromatic rings. The highest BCUT2D eigenvalue weighted by Gasteiger charge is 2.32. The van der Waals surface area contributed by atoms with Gasteiger partial charge in [0.2, 0.25) is 11.8 Å². The van der Waals surface area contributed by atoms with Crippen LogP contribution < -0.4 is 53.7 Å². The smallest absolute Gasteiger partial charge is 0.480 e. The minimum Gasteiger partial charge on any atom is -0.480 e. The molecular formula is C47H54F6N14O10. The zero-order chi connectivity index (χ0) is 57.0. The molecular weight excluding hydrogens is 1030 g/mol. The number of hydrogen-bond donors (Lipinski definition) is 9. The number of nitrogens with one attached hydrogen (secondary N) is 4. The van der Waals surface area contributed by atoms with E-state index in [9.17, 15) is 60.2 Å². The maximum atomic E-state index is 13.1. The molecule has 0 spiro atoms. The lowest BCUT2D eigenvalue weighted by molar-refractivity contribution is -0.275. The molecule has 6 amide bonds. The number of hydrogen-bond acceptors (Lipinski definition) is 13. The van der Waals surface area contributed by atoms with Crippen LogP contribution in [0.1, 0.15) is 36.8 Å². The van der Waals surface area contributed by atoms with Crippen LogP contribution >= 0.6 is 0 Å². The monoisotopic (exact) mass is 1090 g/mol. The van der Waals surface area contributed by atoms with Gasteiger partial charge >= 0.3 is 36.7 Å². The maximum absolute atomic E-state index is 13.1. The van der Waals surface area contributed by atoms with Crippen molar-refractivity contribution in [3.05, 3.63) is 120 Å². The Morgan fingerprint density at radius 1 is 0.532 bits per heavy atom. The Balaban J connectivity index is 0.000000405. The lowest BCUT2D eigenvalue weighted by Gasteiger charge is -2.21. The van der Waals surface area contributed by atoms with Crippen LogP contribution in [0.2, 0.25) is 0 Å². The first-order chi connectivity index (χ1) is 36.4. The van der Waals surface area contributed by atoms with Gasteiger partial charge < -0.3 is 63.5 Å². The van der Waals surface area contributed by atoms with Gasteiger partial charge in [0.1, 0.15) is 35.7 Å². The summed E-state index contributed by atoms with van der Waals surface area (Å²) in [6, 6.07) is 19.3. The Morgan fingerprint density at radius 3 is 1.23 bits per heavy atom. The number of carbonyl (C=O) groups excluding carboxylic acids is 5. The summed E-state index contributed by atoms with van der Waals surface area (Å²) in [5.74, 6) is -4.66. The standard InChI is InChI=1S/C24H28F3N7O5.C23H26F3N7O5/c1-38-21(36)18(8-5-13-30-22(28)29)31-20(35)19(14-15-6-3-2-4-7-15)32-23(37)34-33-16-9-11-17(12-10-16)39-24(25,26)27;24-23(25,26)38-16-10-8-15(9-11-16)32-33-22(37)31-18(13-14-5-2-1-3-6-14)19(34)30-17(20(35)36)7-4-12-29-21(27)28/h2-4,6-7,9-12,18-19H,5,8,13-14H2,1H3,(H,31,35)(H,32,37)(H4,28,29,30);1-3,5-6,8-11,17-18H,4,7,12-13H2,(H,30,34)(H,31,37)(H,35,36)(H4,27,28,29). The molecule has 77 heavy (non-hydrogen) atoms. The predicted octanol–water partition coefficient (Wildman–Crippen LogP) is 5.31. The highest BCUT2D eigenvalue weighted by molar-refractivity contribution is 5.91. The first-order valence-corrected chi connectivity index (χ1v) is 22.7. The van der Waals surface area contributed by atoms with Gasteiger partial charge in [-0.1, -0.05) is 70.9 Å². The molecule has 0 aliphatic rings. The van der Waals surface area contributed by atoms with Gasteiger partial charge in [-0.3, -0.25) is 19.6 Å². The summed E-state index contributed by atoms with van der Waals surface area (Å²) in [7, 11) is 1.17. The minimum atomic E-state index is -4.86. The number of guanidine groups is 2. The molecule has 0 radical (unpaired) electrons. The largest absolute Gasteiger partial charge is 0.573 e. The first-order valence-electron chi connectivity index (χ1n) is 22.7. The zero-order valence-corrected chi connectivity index (χ0v) is 40.7. The normalized spacial score (nSPS) is 12.8. The average Bonchev–Trinajstić information content (AvgIpc) is 3.36. The fourth-order valence-electron chi connectivity index (χ4n) is 6.31. The van der Waals surface area contributed by atoms with Crippen LogP contribution in [0, 0.1) is 0 Å². The summed E-state index contributed by atoms with van der Waals surface area (Å²) >= 11 is 0. The van der Waals surface area contributed by atoms with Gasteiger partial charge in [-0.05, 0) is 85.3 Å². The van der Waals surface area contributed by atoms with Crippen LogP contribution in [0.4, 0.5) is 47.3 Å². The van der Waals surface area contributed by atoms with E-state index in [1.165, 1.54) is 7.11 Å². The number of ether oxygens (including phenoxy) is 3. The van der Waals surface area contributed by atoms with E-state index in [0.29, 0.717) is 17.5 Å². The van der Waals surface area contributed by atoms with Crippen LogP contribution in [0.5, 0.6) is 11.5 Å². The molecule has 0 heterocycles. The number of aliphatic carboxylic acids is 1. The number of azo groups is 2. The number of halogens is 6. The molecule has 0 bridgehead atoms. The number of carboxylic acids is 1. The number of nitrogens with two attached hydrogens (primary N) is 4. The van der Waals surface area contributed by atoms with Crippen LogP contribution in [-0.2, 0) is 36.8 Å². The Bertz CT molecular complexity index is 2660. The van der Waals surface area contributed by atoms with Gasteiger partial charge in [-0.2, -0.15) is 0 Å². The molecule has 4 rings (SSSR count). The van der Waals surface area contributed by atoms with Crippen molar-refractivity contribution in [1.29, 1.82) is 0 Å². The third kappa shape index (κ3) is 26.4. The van der Waals surface area contributed by atoms with Gasteiger partial charge in [-0.25, -0.2) is 19.2 Å². The number of nitrogens with zero attached hydrogens (tertiary/aromatic N) is 6. The number of urea groups is 2. The molecule has 414 valence electrons. The zero-order valence-electron chi connectivity index (χ0n) is 40.7. The number of amides is 6. The van der Waals surface area contributed by atoms with Crippen LogP contribution in [0.15, 0.2) is 140 Å². The first kappa shape index (κ1) is 61.9. The summed E-state index contributed by atoms with van der Waals surface area (Å²) in [5.41, 5.74) is 22.5. The number of carboxylic acid groups (broad SMARTS) is 1. The van der Waals surface area contributed by atoms with Crippen molar-refractivity contribution in [2.45, 2.75) is 75.4 Å². The van der Waals surface area contributed by atoms with Gasteiger partial charge in [0.05, 0.1) is 18.5 Å². The Hall–Kier alpha value is -9.38. The molecule has 4 aromatic carbocycles. The molecule has 0 fully saturated rings. The number of aliphatic imine (C=N–C) groups is 2. The van der Waals surface area contributed by atoms with Crippen molar-refractivity contribution in [1.82, 2.24) is 21.3 Å². The molecule has 0 aliphatic carbocycles. The third-order valence-electron chi connectivity index (χ3n) is 9.75. The van der Waals surface area contributed by atoms with Crippen molar-refractivity contribution in [2.75, 3.05) is 20.2 Å².